The lowest BCUT2D eigenvalue weighted by Crippen LogP contribution is -2.43. The minimum Gasteiger partial charge on any atom is -0.496 e. The Labute approximate surface area is 181 Å². The van der Waals surface area contributed by atoms with Crippen molar-refractivity contribution in [1.29, 1.82) is 0 Å². The summed E-state index contributed by atoms with van der Waals surface area (Å²) in [5.41, 5.74) is 1.19. The van der Waals surface area contributed by atoms with Gasteiger partial charge in [-0.05, 0) is 37.9 Å². The fourth-order valence-corrected chi connectivity index (χ4v) is 4.41. The van der Waals surface area contributed by atoms with E-state index in [9.17, 15) is 0 Å². The van der Waals surface area contributed by atoms with Gasteiger partial charge in [0.15, 0.2) is 11.5 Å². The van der Waals surface area contributed by atoms with E-state index in [0.717, 1.165) is 31.7 Å². The van der Waals surface area contributed by atoms with Crippen molar-refractivity contribution in [1.82, 2.24) is 10.6 Å². The highest BCUT2D eigenvalue weighted by Gasteiger charge is 2.29. The summed E-state index contributed by atoms with van der Waals surface area (Å²) in [6.45, 7) is 3.19. The molecular formula is C22H26Cl2N2O3. The van der Waals surface area contributed by atoms with Crippen molar-refractivity contribution in [3.63, 3.8) is 0 Å². The zero-order chi connectivity index (χ0) is 20.2. The maximum absolute atomic E-state index is 6.13. The van der Waals surface area contributed by atoms with Crippen LogP contribution in [0.3, 0.4) is 0 Å². The molecule has 2 aliphatic rings. The largest absolute Gasteiger partial charge is 0.496 e. The Morgan fingerprint density at radius 3 is 2.62 bits per heavy atom. The summed E-state index contributed by atoms with van der Waals surface area (Å²) in [6.07, 6.45) is 2.13. The Morgan fingerprint density at radius 1 is 1.14 bits per heavy atom. The zero-order valence-electron chi connectivity index (χ0n) is 16.4. The van der Waals surface area contributed by atoms with Gasteiger partial charge >= 0.3 is 0 Å². The summed E-state index contributed by atoms with van der Waals surface area (Å²) in [7, 11) is 1.72. The first-order chi connectivity index (χ1) is 14.2. The van der Waals surface area contributed by atoms with Gasteiger partial charge in [0.2, 0.25) is 0 Å². The minimum absolute atomic E-state index is 0.112. The van der Waals surface area contributed by atoms with E-state index >= 15 is 0 Å². The van der Waals surface area contributed by atoms with E-state index in [1.807, 2.05) is 12.1 Å². The highest BCUT2D eigenvalue weighted by Crippen LogP contribution is 2.39. The number of ether oxygens (including phenoxy) is 3. The quantitative estimate of drug-likeness (QED) is 0.699. The minimum atomic E-state index is -0.112. The number of para-hydroxylation sites is 1. The summed E-state index contributed by atoms with van der Waals surface area (Å²) in [5.74, 6) is 2.71. The Kier molecular flexibility index (Phi) is 6.70. The summed E-state index contributed by atoms with van der Waals surface area (Å²) >= 11 is 12.2. The monoisotopic (exact) mass is 436 g/mol. The van der Waals surface area contributed by atoms with Gasteiger partial charge < -0.3 is 24.8 Å². The van der Waals surface area contributed by atoms with E-state index in [0.29, 0.717) is 40.6 Å². The molecule has 2 unspecified atom stereocenters. The second kappa shape index (κ2) is 9.43. The molecule has 29 heavy (non-hydrogen) atoms. The number of benzene rings is 2. The molecule has 0 aliphatic carbocycles. The Bertz CT molecular complexity index is 843. The number of fused-ring (bicyclic) bond motifs is 1. The van der Waals surface area contributed by atoms with Gasteiger partial charge in [-0.1, -0.05) is 41.4 Å². The van der Waals surface area contributed by atoms with Gasteiger partial charge in [-0.25, -0.2) is 0 Å². The molecule has 2 aromatic rings. The molecule has 0 bridgehead atoms. The van der Waals surface area contributed by atoms with Crippen LogP contribution in [0.1, 0.15) is 24.4 Å². The number of piperidine rings is 1. The molecule has 2 aliphatic heterocycles. The maximum atomic E-state index is 6.13. The van der Waals surface area contributed by atoms with Gasteiger partial charge in [-0.15, -0.1) is 0 Å². The molecule has 156 valence electrons. The third kappa shape index (κ3) is 4.75. The van der Waals surface area contributed by atoms with E-state index in [1.54, 1.807) is 19.2 Å². The van der Waals surface area contributed by atoms with Gasteiger partial charge in [0.1, 0.15) is 18.5 Å². The highest BCUT2D eigenvalue weighted by atomic mass is 35.5. The lowest BCUT2D eigenvalue weighted by Gasteiger charge is -2.34. The van der Waals surface area contributed by atoms with Crippen LogP contribution in [0.15, 0.2) is 36.4 Å². The van der Waals surface area contributed by atoms with E-state index in [1.165, 1.54) is 5.56 Å². The van der Waals surface area contributed by atoms with Crippen LogP contribution in [0.2, 0.25) is 10.0 Å². The molecule has 1 saturated heterocycles. The normalized spacial score (nSPS) is 20.3. The average Bonchev–Trinajstić information content (AvgIpc) is 2.76. The van der Waals surface area contributed by atoms with Crippen LogP contribution < -0.4 is 24.8 Å². The van der Waals surface area contributed by atoms with Gasteiger partial charge in [0, 0.05) is 30.3 Å². The van der Waals surface area contributed by atoms with E-state index in [-0.39, 0.29) is 12.1 Å². The first kappa shape index (κ1) is 20.6. The topological polar surface area (TPSA) is 51.8 Å². The van der Waals surface area contributed by atoms with E-state index < -0.39 is 0 Å². The smallest absolute Gasteiger partial charge is 0.163 e. The van der Waals surface area contributed by atoms with Crippen LogP contribution in [0, 0.1) is 5.92 Å². The first-order valence-electron chi connectivity index (χ1n) is 10.0. The van der Waals surface area contributed by atoms with Crippen LogP contribution in [0.25, 0.3) is 0 Å². The molecule has 0 aromatic heterocycles. The molecule has 0 amide bonds. The Morgan fingerprint density at radius 2 is 1.86 bits per heavy atom. The third-order valence-electron chi connectivity index (χ3n) is 5.60. The molecule has 2 N–H and O–H groups in total. The second-order valence-electron chi connectivity index (χ2n) is 7.48. The Balaban J connectivity index is 1.49. The molecule has 2 heterocycles. The first-order valence-corrected chi connectivity index (χ1v) is 10.8. The van der Waals surface area contributed by atoms with Crippen molar-refractivity contribution in [3.05, 3.63) is 52.0 Å². The van der Waals surface area contributed by atoms with Crippen molar-refractivity contribution in [2.24, 2.45) is 5.92 Å². The maximum Gasteiger partial charge on any atom is 0.163 e. The summed E-state index contributed by atoms with van der Waals surface area (Å²) < 4.78 is 17.6. The molecule has 4 rings (SSSR count). The molecular weight excluding hydrogens is 411 g/mol. The molecule has 5 nitrogen and oxygen atoms in total. The van der Waals surface area contributed by atoms with E-state index in [4.69, 9.17) is 37.4 Å². The van der Waals surface area contributed by atoms with Crippen LogP contribution in [0.4, 0.5) is 0 Å². The number of rotatable bonds is 6. The molecule has 2 aromatic carbocycles. The molecule has 7 heteroatoms. The van der Waals surface area contributed by atoms with Gasteiger partial charge in [-0.3, -0.25) is 0 Å². The van der Waals surface area contributed by atoms with Crippen molar-refractivity contribution in [2.75, 3.05) is 33.4 Å². The number of hydrogen-bond acceptors (Lipinski definition) is 5. The number of methoxy groups -OCH3 is 1. The number of hydrogen-bond donors (Lipinski definition) is 2. The van der Waals surface area contributed by atoms with Gasteiger partial charge in [-0.2, -0.15) is 0 Å². The average molecular weight is 437 g/mol. The standard InChI is InChI=1S/C22H26Cl2N2O3/c1-27-19-5-3-2-4-16(19)22(14-6-8-25-9-7-14)26-12-15-13-28-20-10-17(23)18(24)11-21(20)29-15/h2-5,10-11,14-15,22,25-26H,6-9,12-13H2,1H3. The van der Waals surface area contributed by atoms with Gasteiger partial charge in [0.25, 0.3) is 0 Å². The van der Waals surface area contributed by atoms with Crippen molar-refractivity contribution < 1.29 is 14.2 Å². The molecule has 0 spiro atoms. The van der Waals surface area contributed by atoms with Crippen LogP contribution in [-0.2, 0) is 0 Å². The lowest BCUT2D eigenvalue weighted by molar-refractivity contribution is 0.0849. The fourth-order valence-electron chi connectivity index (χ4n) is 4.10. The van der Waals surface area contributed by atoms with Gasteiger partial charge in [0.05, 0.1) is 17.2 Å². The second-order valence-corrected chi connectivity index (χ2v) is 8.29. The Hall–Kier alpha value is -1.66. The molecule has 2 atom stereocenters. The lowest BCUT2D eigenvalue weighted by atomic mass is 9.85. The SMILES string of the molecule is COc1ccccc1C(NCC1COc2cc(Cl)c(Cl)cc2O1)C1CCNCC1. The summed E-state index contributed by atoms with van der Waals surface area (Å²) in [5, 5.41) is 8.11. The fraction of sp³-hybridized carbons (Fsp3) is 0.455. The molecule has 1 fully saturated rings. The van der Waals surface area contributed by atoms with Crippen LogP contribution in [-0.4, -0.2) is 39.5 Å². The van der Waals surface area contributed by atoms with Crippen LogP contribution in [0.5, 0.6) is 17.2 Å². The summed E-state index contributed by atoms with van der Waals surface area (Å²) in [4.78, 5) is 0. The van der Waals surface area contributed by atoms with Crippen molar-refractivity contribution >= 4 is 23.2 Å². The zero-order valence-corrected chi connectivity index (χ0v) is 17.9. The highest BCUT2D eigenvalue weighted by molar-refractivity contribution is 6.42. The van der Waals surface area contributed by atoms with Crippen LogP contribution >= 0.6 is 23.2 Å². The number of halogens is 2. The van der Waals surface area contributed by atoms with Crippen molar-refractivity contribution in [2.45, 2.75) is 25.0 Å². The molecule has 0 saturated carbocycles. The van der Waals surface area contributed by atoms with E-state index in [2.05, 4.69) is 22.8 Å². The van der Waals surface area contributed by atoms with Crippen molar-refractivity contribution in [3.8, 4) is 17.2 Å². The summed E-state index contributed by atoms with van der Waals surface area (Å²) in [6, 6.07) is 11.8. The predicted octanol–water partition coefficient (Wildman–Crippen LogP) is 4.47. The molecule has 0 radical (unpaired) electrons. The number of nitrogens with one attached hydrogen (secondary N) is 2. The predicted molar refractivity (Wildman–Crippen MR) is 116 cm³/mol. The third-order valence-corrected chi connectivity index (χ3v) is 6.32.